The van der Waals surface area contributed by atoms with Gasteiger partial charge in [0, 0.05) is 28.7 Å². The van der Waals surface area contributed by atoms with Gasteiger partial charge >= 0.3 is 0 Å². The van der Waals surface area contributed by atoms with Crippen LogP contribution in [0.1, 0.15) is 25.8 Å². The molecule has 2 rings (SSSR count). The van der Waals surface area contributed by atoms with Crippen LogP contribution in [0.15, 0.2) is 18.2 Å². The maximum absolute atomic E-state index is 12.3. The van der Waals surface area contributed by atoms with E-state index in [0.29, 0.717) is 22.2 Å². The number of halogens is 2. The van der Waals surface area contributed by atoms with Gasteiger partial charge in [-0.2, -0.15) is 0 Å². The molecule has 0 N–H and O–H groups in total. The molecular weight excluding hydrogens is 311 g/mol. The van der Waals surface area contributed by atoms with Crippen molar-refractivity contribution in [3.05, 3.63) is 33.8 Å². The third-order valence-corrected chi connectivity index (χ3v) is 4.37. The van der Waals surface area contributed by atoms with Gasteiger partial charge in [-0.3, -0.25) is 9.59 Å². The SMILES string of the molecule is CCCN1CC(=O)N(Cc2c(Cl)cccc2Cl)[C@@H](C)C1=O. The predicted octanol–water partition coefficient (Wildman–Crippen LogP) is 2.96. The minimum Gasteiger partial charge on any atom is -0.332 e. The summed E-state index contributed by atoms with van der Waals surface area (Å²) in [6, 6.07) is 4.72. The maximum Gasteiger partial charge on any atom is 0.245 e. The lowest BCUT2D eigenvalue weighted by molar-refractivity contribution is -0.155. The van der Waals surface area contributed by atoms with E-state index in [4.69, 9.17) is 23.2 Å². The number of hydrogen-bond donors (Lipinski definition) is 0. The van der Waals surface area contributed by atoms with Crippen molar-refractivity contribution in [3.63, 3.8) is 0 Å². The minimum absolute atomic E-state index is 0.0281. The number of benzene rings is 1. The van der Waals surface area contributed by atoms with Crippen LogP contribution >= 0.6 is 23.2 Å². The smallest absolute Gasteiger partial charge is 0.245 e. The van der Waals surface area contributed by atoms with Crippen molar-refractivity contribution in [3.8, 4) is 0 Å². The highest BCUT2D eigenvalue weighted by Gasteiger charge is 2.36. The van der Waals surface area contributed by atoms with E-state index in [2.05, 4.69) is 0 Å². The Hall–Kier alpha value is -1.26. The first-order valence-corrected chi connectivity index (χ1v) is 7.72. The molecule has 114 valence electrons. The monoisotopic (exact) mass is 328 g/mol. The molecule has 1 aromatic carbocycles. The molecule has 6 heteroatoms. The fraction of sp³-hybridized carbons (Fsp3) is 0.467. The molecule has 1 atom stereocenters. The lowest BCUT2D eigenvalue weighted by Crippen LogP contribution is -2.58. The van der Waals surface area contributed by atoms with Gasteiger partial charge in [0.05, 0.1) is 6.54 Å². The molecule has 0 unspecified atom stereocenters. The van der Waals surface area contributed by atoms with Crippen LogP contribution in [0.2, 0.25) is 10.0 Å². The highest BCUT2D eigenvalue weighted by atomic mass is 35.5. The number of carbonyl (C=O) groups excluding carboxylic acids is 2. The second kappa shape index (κ2) is 6.67. The highest BCUT2D eigenvalue weighted by molar-refractivity contribution is 6.36. The summed E-state index contributed by atoms with van der Waals surface area (Å²) in [5.41, 5.74) is 0.678. The zero-order valence-corrected chi connectivity index (χ0v) is 13.6. The second-order valence-electron chi connectivity index (χ2n) is 5.16. The summed E-state index contributed by atoms with van der Waals surface area (Å²) in [7, 11) is 0. The van der Waals surface area contributed by atoms with E-state index in [0.717, 1.165) is 6.42 Å². The number of piperazine rings is 1. The number of hydrogen-bond acceptors (Lipinski definition) is 2. The van der Waals surface area contributed by atoms with Gasteiger partial charge in [0.25, 0.3) is 0 Å². The Kier molecular flexibility index (Phi) is 5.12. The molecule has 21 heavy (non-hydrogen) atoms. The van der Waals surface area contributed by atoms with E-state index in [1.54, 1.807) is 34.9 Å². The first-order chi connectivity index (χ1) is 9.95. The van der Waals surface area contributed by atoms with E-state index in [9.17, 15) is 9.59 Å². The summed E-state index contributed by atoms with van der Waals surface area (Å²) in [5, 5.41) is 1.01. The Morgan fingerprint density at radius 2 is 1.86 bits per heavy atom. The summed E-state index contributed by atoms with van der Waals surface area (Å²) in [5.74, 6) is -0.105. The van der Waals surface area contributed by atoms with Crippen molar-refractivity contribution in [2.75, 3.05) is 13.1 Å². The molecule has 0 saturated carbocycles. The standard InChI is InChI=1S/C15H18Cl2N2O2/c1-3-7-18-9-14(20)19(10(2)15(18)21)8-11-12(16)5-4-6-13(11)17/h4-6,10H,3,7-9H2,1-2H3/t10-/m0/s1. The number of amides is 2. The van der Waals surface area contributed by atoms with Crippen LogP contribution in [0.25, 0.3) is 0 Å². The van der Waals surface area contributed by atoms with E-state index < -0.39 is 6.04 Å². The highest BCUT2D eigenvalue weighted by Crippen LogP contribution is 2.27. The van der Waals surface area contributed by atoms with E-state index in [1.807, 2.05) is 6.92 Å². The number of rotatable bonds is 4. The van der Waals surface area contributed by atoms with Crippen LogP contribution < -0.4 is 0 Å². The fourth-order valence-corrected chi connectivity index (χ4v) is 3.00. The van der Waals surface area contributed by atoms with Crippen molar-refractivity contribution in [2.24, 2.45) is 0 Å². The van der Waals surface area contributed by atoms with Gasteiger partial charge in [-0.1, -0.05) is 36.2 Å². The predicted molar refractivity (Wildman–Crippen MR) is 83.3 cm³/mol. The molecule has 2 amide bonds. The second-order valence-corrected chi connectivity index (χ2v) is 5.97. The molecule has 1 saturated heterocycles. The molecule has 0 aromatic heterocycles. The number of carbonyl (C=O) groups is 2. The molecule has 1 heterocycles. The van der Waals surface area contributed by atoms with Crippen LogP contribution in [0.3, 0.4) is 0 Å². The number of nitrogens with zero attached hydrogens (tertiary/aromatic N) is 2. The molecule has 4 nitrogen and oxygen atoms in total. The van der Waals surface area contributed by atoms with Gasteiger partial charge < -0.3 is 9.80 Å². The average Bonchev–Trinajstić information content (AvgIpc) is 2.43. The summed E-state index contributed by atoms with van der Waals surface area (Å²) in [4.78, 5) is 27.8. The third-order valence-electron chi connectivity index (χ3n) is 3.67. The van der Waals surface area contributed by atoms with Crippen LogP contribution in [0.4, 0.5) is 0 Å². The zero-order valence-electron chi connectivity index (χ0n) is 12.1. The Morgan fingerprint density at radius 1 is 1.24 bits per heavy atom. The van der Waals surface area contributed by atoms with Gasteiger partial charge in [0.15, 0.2) is 0 Å². The first kappa shape index (κ1) is 16.1. The first-order valence-electron chi connectivity index (χ1n) is 6.96. The lowest BCUT2D eigenvalue weighted by atomic mass is 10.1. The average molecular weight is 329 g/mol. The summed E-state index contributed by atoms with van der Waals surface area (Å²) in [6.45, 7) is 4.71. The maximum atomic E-state index is 12.3. The topological polar surface area (TPSA) is 40.6 Å². The Balaban J connectivity index is 2.21. The van der Waals surface area contributed by atoms with Crippen LogP contribution in [0, 0.1) is 0 Å². The van der Waals surface area contributed by atoms with Gasteiger partial charge in [0.2, 0.25) is 11.8 Å². The summed E-state index contributed by atoms with van der Waals surface area (Å²) in [6.07, 6.45) is 0.835. The quantitative estimate of drug-likeness (QED) is 0.852. The van der Waals surface area contributed by atoms with E-state index in [1.165, 1.54) is 0 Å². The summed E-state index contributed by atoms with van der Waals surface area (Å²) >= 11 is 12.3. The van der Waals surface area contributed by atoms with Crippen LogP contribution in [-0.2, 0) is 16.1 Å². The Bertz CT molecular complexity index is 542. The zero-order chi connectivity index (χ0) is 15.6. The molecule has 1 aliphatic heterocycles. The van der Waals surface area contributed by atoms with Gasteiger partial charge in [-0.25, -0.2) is 0 Å². The van der Waals surface area contributed by atoms with Crippen molar-refractivity contribution >= 4 is 35.0 Å². The van der Waals surface area contributed by atoms with Gasteiger partial charge in [-0.05, 0) is 25.5 Å². The molecule has 0 radical (unpaired) electrons. The van der Waals surface area contributed by atoms with Crippen LogP contribution in [0.5, 0.6) is 0 Å². The van der Waals surface area contributed by atoms with E-state index >= 15 is 0 Å². The third kappa shape index (κ3) is 3.33. The minimum atomic E-state index is -0.495. The largest absolute Gasteiger partial charge is 0.332 e. The molecule has 0 aliphatic carbocycles. The van der Waals surface area contributed by atoms with Crippen molar-refractivity contribution < 1.29 is 9.59 Å². The normalized spacial score (nSPS) is 19.3. The van der Waals surface area contributed by atoms with Crippen molar-refractivity contribution in [2.45, 2.75) is 32.9 Å². The molecule has 0 spiro atoms. The van der Waals surface area contributed by atoms with Gasteiger partial charge in [-0.15, -0.1) is 0 Å². The summed E-state index contributed by atoms with van der Waals surface area (Å²) < 4.78 is 0. The molecule has 0 bridgehead atoms. The van der Waals surface area contributed by atoms with Gasteiger partial charge in [0.1, 0.15) is 6.04 Å². The molecule has 1 aliphatic rings. The lowest BCUT2D eigenvalue weighted by Gasteiger charge is -2.39. The fourth-order valence-electron chi connectivity index (χ4n) is 2.48. The molecule has 1 aromatic rings. The van der Waals surface area contributed by atoms with Crippen molar-refractivity contribution in [1.82, 2.24) is 9.80 Å². The Labute approximate surface area is 134 Å². The molecular formula is C15H18Cl2N2O2. The van der Waals surface area contributed by atoms with E-state index in [-0.39, 0.29) is 24.9 Å². The molecule has 1 fully saturated rings. The van der Waals surface area contributed by atoms with Crippen molar-refractivity contribution in [1.29, 1.82) is 0 Å². The Morgan fingerprint density at radius 3 is 2.43 bits per heavy atom. The van der Waals surface area contributed by atoms with Crippen LogP contribution in [-0.4, -0.2) is 40.7 Å².